The second-order valence-corrected chi connectivity index (χ2v) is 2.27. The van der Waals surface area contributed by atoms with Gasteiger partial charge in [0.1, 0.15) is 0 Å². The molecule has 1 atom stereocenters. The lowest BCUT2D eigenvalue weighted by Gasteiger charge is -2.16. The molecule has 0 aromatic rings. The molecular formula is C7H5NO4-2. The summed E-state index contributed by atoms with van der Waals surface area (Å²) in [6.45, 7) is 0. The molecule has 0 aromatic heterocycles. The summed E-state index contributed by atoms with van der Waals surface area (Å²) in [6, 6.07) is -1.09. The van der Waals surface area contributed by atoms with E-state index in [4.69, 9.17) is 0 Å². The molecular weight excluding hydrogens is 162 g/mol. The minimum absolute atomic E-state index is 0.166. The number of aliphatic carboxylic acids is 2. The maximum Gasteiger partial charge on any atom is 0.0935 e. The van der Waals surface area contributed by atoms with Gasteiger partial charge >= 0.3 is 0 Å². The van der Waals surface area contributed by atoms with Gasteiger partial charge in [0, 0.05) is 0 Å². The van der Waals surface area contributed by atoms with Gasteiger partial charge in [-0.15, -0.1) is 0 Å². The Kier molecular flexibility index (Phi) is 2.23. The van der Waals surface area contributed by atoms with Crippen molar-refractivity contribution in [2.45, 2.75) is 12.5 Å². The van der Waals surface area contributed by atoms with E-state index in [2.05, 4.69) is 4.99 Å². The lowest BCUT2D eigenvalue weighted by molar-refractivity contribution is -0.307. The van der Waals surface area contributed by atoms with E-state index >= 15 is 0 Å². The summed E-state index contributed by atoms with van der Waals surface area (Å²) in [5.41, 5.74) is -0.351. The maximum absolute atomic E-state index is 10.3. The van der Waals surface area contributed by atoms with Crippen LogP contribution in [0, 0.1) is 0 Å². The molecule has 64 valence electrons. The summed E-state index contributed by atoms with van der Waals surface area (Å²) >= 11 is 0. The molecule has 5 nitrogen and oxygen atoms in total. The van der Waals surface area contributed by atoms with Crippen LogP contribution in [0.3, 0.4) is 0 Å². The highest BCUT2D eigenvalue weighted by atomic mass is 16.4. The first-order valence-corrected chi connectivity index (χ1v) is 3.28. The fraction of sp³-hybridized carbons (Fsp3) is 0.286. The Balaban J connectivity index is 2.82. The normalized spacial score (nSPS) is 21.7. The Bertz CT molecular complexity index is 279. The van der Waals surface area contributed by atoms with Crippen molar-refractivity contribution in [3.8, 4) is 0 Å². The number of hydrogen-bond acceptors (Lipinski definition) is 5. The zero-order valence-electron chi connectivity index (χ0n) is 6.02. The van der Waals surface area contributed by atoms with Crippen LogP contribution in [-0.4, -0.2) is 23.7 Å². The van der Waals surface area contributed by atoms with Crippen LogP contribution >= 0.6 is 0 Å². The summed E-state index contributed by atoms with van der Waals surface area (Å²) < 4.78 is 0. The summed E-state index contributed by atoms with van der Waals surface area (Å²) in [4.78, 5) is 23.9. The van der Waals surface area contributed by atoms with E-state index < -0.39 is 18.0 Å². The van der Waals surface area contributed by atoms with Gasteiger partial charge in [-0.1, -0.05) is 6.08 Å². The maximum atomic E-state index is 10.3. The highest BCUT2D eigenvalue weighted by Gasteiger charge is 2.11. The number of carbonyl (C=O) groups excluding carboxylic acids is 2. The molecule has 1 heterocycles. The van der Waals surface area contributed by atoms with Gasteiger partial charge < -0.3 is 19.8 Å². The number of nitrogens with zero attached hydrogens (tertiary/aromatic N) is 1. The van der Waals surface area contributed by atoms with Crippen LogP contribution in [0.2, 0.25) is 0 Å². The van der Waals surface area contributed by atoms with Crippen molar-refractivity contribution in [3.63, 3.8) is 0 Å². The van der Waals surface area contributed by atoms with Gasteiger partial charge in [-0.2, -0.15) is 0 Å². The van der Waals surface area contributed by atoms with Crippen molar-refractivity contribution in [2.75, 3.05) is 0 Å². The summed E-state index contributed by atoms with van der Waals surface area (Å²) in [5.74, 6) is -2.85. The van der Waals surface area contributed by atoms with Gasteiger partial charge in [0.25, 0.3) is 0 Å². The minimum atomic E-state index is -1.47. The first-order chi connectivity index (χ1) is 5.61. The molecule has 12 heavy (non-hydrogen) atoms. The zero-order valence-corrected chi connectivity index (χ0v) is 6.02. The fourth-order valence-corrected chi connectivity index (χ4v) is 0.842. The number of aliphatic imine (C=N–C) groups is 1. The molecule has 5 heteroatoms. The SMILES string of the molecule is O=C([O-])C1=NC(C(=O)[O-])CC=C1. The smallest absolute Gasteiger partial charge is 0.0935 e. The largest absolute Gasteiger partial charge is 0.548 e. The monoisotopic (exact) mass is 167 g/mol. The molecule has 0 bridgehead atoms. The Morgan fingerprint density at radius 1 is 1.50 bits per heavy atom. The standard InChI is InChI=1S/C7H7NO4/c9-6(10)4-2-1-3-5(8-4)7(11)12/h1-2,5H,3H2,(H,9,10)(H,11,12)/p-2. The Labute approximate surface area is 68.0 Å². The number of hydrogen-bond donors (Lipinski definition) is 0. The molecule has 1 aliphatic heterocycles. The summed E-state index contributed by atoms with van der Waals surface area (Å²) in [6.07, 6.45) is 2.80. The highest BCUT2D eigenvalue weighted by Crippen LogP contribution is 2.05. The van der Waals surface area contributed by atoms with Gasteiger partial charge in [0.15, 0.2) is 0 Å². The Morgan fingerprint density at radius 3 is 2.67 bits per heavy atom. The van der Waals surface area contributed by atoms with Crippen LogP contribution in [0.4, 0.5) is 0 Å². The van der Waals surface area contributed by atoms with Gasteiger partial charge in [-0.3, -0.25) is 4.99 Å². The number of dihydropyridines is 1. The van der Waals surface area contributed by atoms with Crippen molar-refractivity contribution >= 4 is 17.7 Å². The van der Waals surface area contributed by atoms with E-state index in [-0.39, 0.29) is 12.1 Å². The first-order valence-electron chi connectivity index (χ1n) is 3.28. The van der Waals surface area contributed by atoms with Crippen molar-refractivity contribution < 1.29 is 19.8 Å². The predicted molar refractivity (Wildman–Crippen MR) is 35.0 cm³/mol. The van der Waals surface area contributed by atoms with Crippen LogP contribution in [0.25, 0.3) is 0 Å². The van der Waals surface area contributed by atoms with Crippen LogP contribution in [0.15, 0.2) is 17.1 Å². The van der Waals surface area contributed by atoms with Crippen LogP contribution < -0.4 is 10.2 Å². The van der Waals surface area contributed by atoms with E-state index in [1.54, 1.807) is 0 Å². The van der Waals surface area contributed by atoms with Crippen LogP contribution in [-0.2, 0) is 9.59 Å². The van der Waals surface area contributed by atoms with Crippen LogP contribution in [0.5, 0.6) is 0 Å². The average Bonchev–Trinajstić information content (AvgIpc) is 2.04. The van der Waals surface area contributed by atoms with Crippen molar-refractivity contribution in [3.05, 3.63) is 12.2 Å². The van der Waals surface area contributed by atoms with Crippen molar-refractivity contribution in [2.24, 2.45) is 4.99 Å². The summed E-state index contributed by atoms with van der Waals surface area (Å²) in [7, 11) is 0. The van der Waals surface area contributed by atoms with E-state index in [0.29, 0.717) is 0 Å². The van der Waals surface area contributed by atoms with Gasteiger partial charge in [-0.25, -0.2) is 0 Å². The molecule has 0 spiro atoms. The third-order valence-electron chi connectivity index (χ3n) is 1.41. The van der Waals surface area contributed by atoms with E-state index in [1.165, 1.54) is 12.2 Å². The number of carbonyl (C=O) groups is 2. The zero-order chi connectivity index (χ0) is 9.14. The molecule has 0 aliphatic carbocycles. The molecule has 0 fully saturated rings. The summed E-state index contributed by atoms with van der Waals surface area (Å²) in [5, 5.41) is 20.5. The molecule has 0 saturated heterocycles. The molecule has 1 unspecified atom stereocenters. The highest BCUT2D eigenvalue weighted by molar-refractivity contribution is 6.39. The van der Waals surface area contributed by atoms with Gasteiger partial charge in [0.05, 0.1) is 23.7 Å². The molecule has 0 amide bonds. The molecule has 0 saturated carbocycles. The van der Waals surface area contributed by atoms with Crippen molar-refractivity contribution in [1.82, 2.24) is 0 Å². The number of carboxylic acids is 2. The predicted octanol–water partition coefficient (Wildman–Crippen LogP) is -2.74. The van der Waals surface area contributed by atoms with E-state index in [1.807, 2.05) is 0 Å². The van der Waals surface area contributed by atoms with E-state index in [0.717, 1.165) is 0 Å². The fourth-order valence-electron chi connectivity index (χ4n) is 0.842. The third-order valence-corrected chi connectivity index (χ3v) is 1.41. The minimum Gasteiger partial charge on any atom is -0.548 e. The Hall–Kier alpha value is -1.65. The van der Waals surface area contributed by atoms with Gasteiger partial charge in [0.2, 0.25) is 0 Å². The van der Waals surface area contributed by atoms with Gasteiger partial charge in [-0.05, 0) is 12.5 Å². The van der Waals surface area contributed by atoms with Crippen LogP contribution in [0.1, 0.15) is 6.42 Å². The quantitative estimate of drug-likeness (QED) is 0.445. The third kappa shape index (κ3) is 1.69. The molecule has 0 N–H and O–H groups in total. The number of carboxylic acid groups (broad SMARTS) is 2. The topological polar surface area (TPSA) is 92.6 Å². The number of rotatable bonds is 2. The molecule has 1 rings (SSSR count). The molecule has 1 aliphatic rings. The van der Waals surface area contributed by atoms with E-state index in [9.17, 15) is 19.8 Å². The lowest BCUT2D eigenvalue weighted by atomic mass is 10.1. The average molecular weight is 167 g/mol. The first kappa shape index (κ1) is 8.45. The molecule has 0 aromatic carbocycles. The second kappa shape index (κ2) is 3.17. The lowest BCUT2D eigenvalue weighted by Crippen LogP contribution is -2.39. The van der Waals surface area contributed by atoms with Crippen molar-refractivity contribution in [1.29, 1.82) is 0 Å². The second-order valence-electron chi connectivity index (χ2n) is 2.27. The molecule has 0 radical (unpaired) electrons. The Morgan fingerprint density at radius 2 is 2.17 bits per heavy atom.